The van der Waals surface area contributed by atoms with Crippen LogP contribution in [0.3, 0.4) is 0 Å². The van der Waals surface area contributed by atoms with E-state index in [1.54, 1.807) is 0 Å². The molecule has 0 saturated carbocycles. The number of hydrogen-bond donors (Lipinski definition) is 2. The lowest BCUT2D eigenvalue weighted by Gasteiger charge is -2.18. The van der Waals surface area contributed by atoms with Crippen LogP contribution in [0, 0.1) is 0 Å². The second-order valence-electron chi connectivity index (χ2n) is 14.0. The van der Waals surface area contributed by atoms with E-state index >= 15 is 0 Å². The zero-order valence-electron chi connectivity index (χ0n) is 33.2. The highest BCUT2D eigenvalue weighted by atomic mass is 31.2. The van der Waals surface area contributed by atoms with Crippen LogP contribution >= 0.6 is 7.82 Å². The van der Waals surface area contributed by atoms with Gasteiger partial charge >= 0.3 is 19.8 Å². The first-order valence-corrected chi connectivity index (χ1v) is 22.5. The van der Waals surface area contributed by atoms with E-state index in [9.17, 15) is 14.2 Å². The molecule has 0 aromatic carbocycles. The van der Waals surface area contributed by atoms with Crippen LogP contribution < -0.4 is 0 Å². The van der Waals surface area contributed by atoms with E-state index < -0.39 is 32.5 Å². The van der Waals surface area contributed by atoms with Crippen molar-refractivity contribution in [2.24, 2.45) is 0 Å². The number of carbonyl (C=O) groups is 2. The fraction of sp³-hybridized carbons (Fsp3) is 0.767. The Kier molecular flexibility index (Phi) is 37.2. The number of carbonyl (C=O) groups excluding carboxylic acids is 2. The topological polar surface area (TPSA) is 119 Å². The third-order valence-electron chi connectivity index (χ3n) is 8.82. The molecule has 8 nitrogen and oxygen atoms in total. The van der Waals surface area contributed by atoms with Crippen LogP contribution in [0.1, 0.15) is 194 Å². The van der Waals surface area contributed by atoms with E-state index in [1.165, 1.54) is 83.5 Å². The summed E-state index contributed by atoms with van der Waals surface area (Å²) in [7, 11) is -4.76. The normalized spacial score (nSPS) is 12.9. The van der Waals surface area contributed by atoms with Crippen LogP contribution in [0.25, 0.3) is 0 Å². The maximum atomic E-state index is 12.4. The minimum absolute atomic E-state index is 0.194. The first-order chi connectivity index (χ1) is 25.3. The molecule has 0 bridgehead atoms. The highest BCUT2D eigenvalue weighted by Crippen LogP contribution is 2.36. The van der Waals surface area contributed by atoms with Crippen molar-refractivity contribution in [1.29, 1.82) is 0 Å². The second kappa shape index (κ2) is 38.7. The van der Waals surface area contributed by atoms with Crippen molar-refractivity contribution < 1.29 is 37.9 Å². The van der Waals surface area contributed by atoms with Crippen molar-refractivity contribution in [2.45, 2.75) is 200 Å². The summed E-state index contributed by atoms with van der Waals surface area (Å²) in [6.07, 6.45) is 46.8. The molecule has 0 aliphatic heterocycles. The van der Waals surface area contributed by atoms with Crippen molar-refractivity contribution in [3.63, 3.8) is 0 Å². The summed E-state index contributed by atoms with van der Waals surface area (Å²) in [6.45, 7) is 3.62. The van der Waals surface area contributed by atoms with Crippen LogP contribution in [0.5, 0.6) is 0 Å². The largest absolute Gasteiger partial charge is 0.469 e. The molecule has 0 aromatic rings. The van der Waals surface area contributed by atoms with Crippen molar-refractivity contribution in [1.82, 2.24) is 0 Å². The van der Waals surface area contributed by atoms with Crippen molar-refractivity contribution >= 4 is 19.8 Å². The number of hydrogen-bond acceptors (Lipinski definition) is 6. The lowest BCUT2D eigenvalue weighted by atomic mass is 10.1. The lowest BCUT2D eigenvalue weighted by molar-refractivity contribution is -0.161. The average molecular weight is 753 g/mol. The number of phosphoric ester groups is 1. The van der Waals surface area contributed by atoms with Gasteiger partial charge in [-0.15, -0.1) is 0 Å². The highest BCUT2D eigenvalue weighted by Gasteiger charge is 2.22. The summed E-state index contributed by atoms with van der Waals surface area (Å²) in [5.41, 5.74) is 0. The zero-order valence-corrected chi connectivity index (χ0v) is 34.1. The Morgan fingerprint density at radius 3 is 1.27 bits per heavy atom. The smallest absolute Gasteiger partial charge is 0.462 e. The van der Waals surface area contributed by atoms with Gasteiger partial charge in [0.2, 0.25) is 0 Å². The van der Waals surface area contributed by atoms with Gasteiger partial charge in [0.1, 0.15) is 6.61 Å². The van der Waals surface area contributed by atoms with Crippen LogP contribution in [-0.4, -0.2) is 41.0 Å². The van der Waals surface area contributed by atoms with E-state index in [0.29, 0.717) is 6.42 Å². The molecule has 2 N–H and O–H groups in total. The van der Waals surface area contributed by atoms with Gasteiger partial charge in [-0.05, 0) is 77.0 Å². The van der Waals surface area contributed by atoms with Gasteiger partial charge in [0.25, 0.3) is 0 Å². The highest BCUT2D eigenvalue weighted by molar-refractivity contribution is 7.46. The summed E-state index contributed by atoms with van der Waals surface area (Å²) < 4.78 is 26.4. The number of ether oxygens (including phenoxy) is 2. The fourth-order valence-corrected chi connectivity index (χ4v) is 6.03. The molecular weight excluding hydrogens is 675 g/mol. The number of rotatable bonds is 38. The van der Waals surface area contributed by atoms with Gasteiger partial charge in [-0.1, -0.05) is 152 Å². The van der Waals surface area contributed by atoms with Gasteiger partial charge in [0, 0.05) is 12.8 Å². The monoisotopic (exact) mass is 753 g/mol. The van der Waals surface area contributed by atoms with E-state index in [-0.39, 0.29) is 19.4 Å². The van der Waals surface area contributed by atoms with Gasteiger partial charge in [0.05, 0.1) is 6.61 Å². The molecule has 0 amide bonds. The summed E-state index contributed by atoms with van der Waals surface area (Å²) in [6, 6.07) is 0. The maximum Gasteiger partial charge on any atom is 0.469 e. The molecule has 0 radical (unpaired) electrons. The predicted molar refractivity (Wildman–Crippen MR) is 216 cm³/mol. The second-order valence-corrected chi connectivity index (χ2v) is 15.2. The van der Waals surface area contributed by atoms with E-state index in [1.807, 2.05) is 0 Å². The minimum atomic E-state index is -4.76. The van der Waals surface area contributed by atoms with E-state index in [4.69, 9.17) is 19.3 Å². The molecule has 9 heteroatoms. The number of esters is 2. The van der Waals surface area contributed by atoms with Crippen LogP contribution in [0.15, 0.2) is 48.6 Å². The third-order valence-corrected chi connectivity index (χ3v) is 9.31. The molecule has 52 heavy (non-hydrogen) atoms. The van der Waals surface area contributed by atoms with Gasteiger partial charge in [-0.25, -0.2) is 4.57 Å². The predicted octanol–water partition coefficient (Wildman–Crippen LogP) is 12.7. The molecule has 0 unspecified atom stereocenters. The van der Waals surface area contributed by atoms with Crippen LogP contribution in [0.4, 0.5) is 0 Å². The molecule has 0 aromatic heterocycles. The summed E-state index contributed by atoms with van der Waals surface area (Å²) in [4.78, 5) is 42.8. The average Bonchev–Trinajstić information content (AvgIpc) is 3.11. The Bertz CT molecular complexity index is 984. The number of unbranched alkanes of at least 4 members (excludes halogenated alkanes) is 20. The van der Waals surface area contributed by atoms with E-state index in [0.717, 1.165) is 77.0 Å². The zero-order chi connectivity index (χ0) is 38.2. The number of phosphoric acid groups is 1. The Hall–Kier alpha value is -1.99. The molecule has 0 rings (SSSR count). The summed E-state index contributed by atoms with van der Waals surface area (Å²) in [5, 5.41) is 0. The third kappa shape index (κ3) is 40.8. The van der Waals surface area contributed by atoms with E-state index in [2.05, 4.69) is 67.0 Å². The van der Waals surface area contributed by atoms with Gasteiger partial charge in [0.15, 0.2) is 6.10 Å². The minimum Gasteiger partial charge on any atom is -0.462 e. The molecule has 0 heterocycles. The van der Waals surface area contributed by atoms with Gasteiger partial charge in [-0.3, -0.25) is 14.1 Å². The van der Waals surface area contributed by atoms with Crippen LogP contribution in [0.2, 0.25) is 0 Å². The standard InChI is InChI=1S/C43H77O8P/c1-3-5-7-9-11-13-15-17-19-20-21-22-24-25-27-29-31-33-35-37-42(44)49-39-41(40-50-52(46,47)48)51-43(45)38-36-34-32-30-28-26-23-18-16-14-12-10-8-6-4-2/h11-14,17-19,23,41H,3-10,15-16,20-22,24-40H2,1-2H3,(H2,46,47,48)/b13-11-,14-12-,19-17-,23-18-/t41-/m1/s1. The van der Waals surface area contributed by atoms with Crippen molar-refractivity contribution in [3.8, 4) is 0 Å². The Morgan fingerprint density at radius 1 is 0.500 bits per heavy atom. The van der Waals surface area contributed by atoms with Gasteiger partial charge < -0.3 is 19.3 Å². The fourth-order valence-electron chi connectivity index (χ4n) is 5.67. The summed E-state index contributed by atoms with van der Waals surface area (Å²) >= 11 is 0. The molecule has 0 fully saturated rings. The van der Waals surface area contributed by atoms with Crippen molar-refractivity contribution in [3.05, 3.63) is 48.6 Å². The summed E-state index contributed by atoms with van der Waals surface area (Å²) in [5.74, 6) is -0.905. The molecule has 1 atom stereocenters. The molecular formula is C43H77O8P. The quantitative estimate of drug-likeness (QED) is 0.0277. The number of allylic oxidation sites excluding steroid dienone is 8. The molecule has 302 valence electrons. The molecule has 0 spiro atoms. The van der Waals surface area contributed by atoms with Crippen LogP contribution in [-0.2, 0) is 28.2 Å². The molecule has 0 saturated heterocycles. The lowest BCUT2D eigenvalue weighted by Crippen LogP contribution is -2.29. The SMILES string of the molecule is CCCCC/C=C\C/C=C\CCCCCCCCCCCC(=O)OC[C@H](COP(=O)(O)O)OC(=O)CCCCCCC/C=C\C/C=C\CCCCC. The Balaban J connectivity index is 3.94. The first-order valence-electron chi connectivity index (χ1n) is 20.9. The molecule has 0 aliphatic carbocycles. The van der Waals surface area contributed by atoms with Gasteiger partial charge in [-0.2, -0.15) is 0 Å². The Labute approximate surface area is 318 Å². The first kappa shape index (κ1) is 50.0. The maximum absolute atomic E-state index is 12.4. The Morgan fingerprint density at radius 2 is 0.865 bits per heavy atom. The van der Waals surface area contributed by atoms with Crippen molar-refractivity contribution in [2.75, 3.05) is 13.2 Å². The molecule has 0 aliphatic rings.